The number of hydrogen-bond acceptors (Lipinski definition) is 5. The topological polar surface area (TPSA) is 73.5 Å². The van der Waals surface area contributed by atoms with Crippen molar-refractivity contribution in [2.24, 2.45) is 7.05 Å². The predicted octanol–water partition coefficient (Wildman–Crippen LogP) is 1.48. The number of anilines is 1. The summed E-state index contributed by atoms with van der Waals surface area (Å²) < 4.78 is 3.77. The van der Waals surface area contributed by atoms with Gasteiger partial charge in [-0.05, 0) is 18.6 Å². The van der Waals surface area contributed by atoms with E-state index < -0.39 is 0 Å². The summed E-state index contributed by atoms with van der Waals surface area (Å²) in [5, 5.41) is 12.2. The third kappa shape index (κ3) is 2.06. The zero-order valence-electron chi connectivity index (χ0n) is 11.6. The van der Waals surface area contributed by atoms with E-state index in [9.17, 15) is 0 Å². The van der Waals surface area contributed by atoms with Crippen LogP contribution < -0.4 is 5.32 Å². The highest BCUT2D eigenvalue weighted by Crippen LogP contribution is 2.29. The van der Waals surface area contributed by atoms with Gasteiger partial charge in [-0.1, -0.05) is 0 Å². The van der Waals surface area contributed by atoms with E-state index >= 15 is 0 Å². The number of fused-ring (bicyclic) bond motifs is 1. The van der Waals surface area contributed by atoms with Gasteiger partial charge in [0.25, 0.3) is 0 Å². The van der Waals surface area contributed by atoms with Gasteiger partial charge in [-0.3, -0.25) is 9.67 Å². The standard InChI is InChI=1S/C14H15N7/c1-20-9-11(8-17-20)12-4-7-16-14-18-13(19-21(12)14)10-2-5-15-6-3-10/h2-3,5-6,8-9,12H,4,7H2,1H3,(H,16,18,19). The Hall–Kier alpha value is -2.70. The van der Waals surface area contributed by atoms with Crippen LogP contribution in [0.3, 0.4) is 0 Å². The van der Waals surface area contributed by atoms with Crippen molar-refractivity contribution in [1.29, 1.82) is 0 Å². The highest BCUT2D eigenvalue weighted by atomic mass is 15.4. The lowest BCUT2D eigenvalue weighted by molar-refractivity contribution is 0.480. The molecule has 1 unspecified atom stereocenters. The largest absolute Gasteiger partial charge is 0.354 e. The van der Waals surface area contributed by atoms with Crippen molar-refractivity contribution < 1.29 is 0 Å². The van der Waals surface area contributed by atoms with E-state index in [-0.39, 0.29) is 6.04 Å². The fraction of sp³-hybridized carbons (Fsp3) is 0.286. The number of rotatable bonds is 2. The van der Waals surface area contributed by atoms with Gasteiger partial charge in [-0.2, -0.15) is 10.1 Å². The Bertz CT molecular complexity index is 759. The van der Waals surface area contributed by atoms with Gasteiger partial charge in [0.15, 0.2) is 5.82 Å². The Morgan fingerprint density at radius 1 is 1.29 bits per heavy atom. The lowest BCUT2D eigenvalue weighted by Crippen LogP contribution is -2.24. The Balaban J connectivity index is 1.76. The van der Waals surface area contributed by atoms with Crippen LogP contribution in [0.25, 0.3) is 11.4 Å². The minimum atomic E-state index is 0.179. The van der Waals surface area contributed by atoms with Crippen LogP contribution in [-0.2, 0) is 7.05 Å². The van der Waals surface area contributed by atoms with E-state index in [1.807, 2.05) is 40.9 Å². The van der Waals surface area contributed by atoms with Gasteiger partial charge in [-0.25, -0.2) is 4.68 Å². The fourth-order valence-corrected chi connectivity index (χ4v) is 2.65. The highest BCUT2D eigenvalue weighted by Gasteiger charge is 2.25. The van der Waals surface area contributed by atoms with E-state index in [2.05, 4.69) is 25.5 Å². The summed E-state index contributed by atoms with van der Waals surface area (Å²) in [6, 6.07) is 4.01. The van der Waals surface area contributed by atoms with Gasteiger partial charge in [0.05, 0.1) is 12.2 Å². The smallest absolute Gasteiger partial charge is 0.222 e. The molecule has 106 valence electrons. The zero-order valence-corrected chi connectivity index (χ0v) is 11.6. The molecule has 0 aromatic carbocycles. The van der Waals surface area contributed by atoms with Crippen molar-refractivity contribution in [3.63, 3.8) is 0 Å². The van der Waals surface area contributed by atoms with Crippen LogP contribution in [0.15, 0.2) is 36.9 Å². The van der Waals surface area contributed by atoms with Crippen molar-refractivity contribution in [1.82, 2.24) is 29.5 Å². The molecule has 0 saturated carbocycles. The number of nitrogens with one attached hydrogen (secondary N) is 1. The molecular formula is C14H15N7. The Morgan fingerprint density at radius 3 is 2.90 bits per heavy atom. The van der Waals surface area contributed by atoms with Gasteiger partial charge in [-0.15, -0.1) is 5.10 Å². The summed E-state index contributed by atoms with van der Waals surface area (Å²) in [7, 11) is 1.93. The molecule has 7 heteroatoms. The Labute approximate surface area is 121 Å². The first-order valence-electron chi connectivity index (χ1n) is 6.90. The third-order valence-corrected chi connectivity index (χ3v) is 3.68. The summed E-state index contributed by atoms with van der Waals surface area (Å²) in [4.78, 5) is 8.62. The summed E-state index contributed by atoms with van der Waals surface area (Å²) in [5.41, 5.74) is 2.13. The Kier molecular flexibility index (Phi) is 2.70. The van der Waals surface area contributed by atoms with E-state index in [0.717, 1.165) is 35.9 Å². The van der Waals surface area contributed by atoms with Crippen LogP contribution >= 0.6 is 0 Å². The molecule has 3 aromatic rings. The van der Waals surface area contributed by atoms with Crippen LogP contribution in [0.2, 0.25) is 0 Å². The third-order valence-electron chi connectivity index (χ3n) is 3.68. The number of aromatic nitrogens is 6. The molecule has 1 aliphatic rings. The van der Waals surface area contributed by atoms with E-state index in [0.29, 0.717) is 0 Å². The molecule has 0 amide bonds. The van der Waals surface area contributed by atoms with Crippen molar-refractivity contribution >= 4 is 5.95 Å². The van der Waals surface area contributed by atoms with Crippen molar-refractivity contribution in [3.8, 4) is 11.4 Å². The molecule has 21 heavy (non-hydrogen) atoms. The molecule has 4 heterocycles. The van der Waals surface area contributed by atoms with Crippen LogP contribution in [0.4, 0.5) is 5.95 Å². The van der Waals surface area contributed by atoms with E-state index in [1.54, 1.807) is 12.4 Å². The first kappa shape index (κ1) is 12.1. The molecule has 0 spiro atoms. The van der Waals surface area contributed by atoms with Crippen LogP contribution in [0.5, 0.6) is 0 Å². The van der Waals surface area contributed by atoms with Crippen LogP contribution in [0.1, 0.15) is 18.0 Å². The quantitative estimate of drug-likeness (QED) is 0.770. The van der Waals surface area contributed by atoms with Gasteiger partial charge < -0.3 is 5.32 Å². The molecule has 0 aliphatic carbocycles. The van der Waals surface area contributed by atoms with Gasteiger partial charge >= 0.3 is 0 Å². The first-order valence-corrected chi connectivity index (χ1v) is 6.90. The zero-order chi connectivity index (χ0) is 14.2. The minimum Gasteiger partial charge on any atom is -0.354 e. The number of aryl methyl sites for hydroxylation is 1. The summed E-state index contributed by atoms with van der Waals surface area (Å²) in [6.07, 6.45) is 8.40. The van der Waals surface area contributed by atoms with Crippen molar-refractivity contribution in [2.45, 2.75) is 12.5 Å². The van der Waals surface area contributed by atoms with Gasteiger partial charge in [0, 0.05) is 43.3 Å². The normalized spacial score (nSPS) is 17.3. The average molecular weight is 281 g/mol. The van der Waals surface area contributed by atoms with E-state index in [1.165, 1.54) is 0 Å². The SMILES string of the molecule is Cn1cc(C2CCNc3nc(-c4ccncc4)nn32)cn1. The molecule has 1 N–H and O–H groups in total. The maximum absolute atomic E-state index is 4.67. The molecule has 1 atom stereocenters. The predicted molar refractivity (Wildman–Crippen MR) is 77.7 cm³/mol. The van der Waals surface area contributed by atoms with E-state index in [4.69, 9.17) is 0 Å². The molecule has 1 aliphatic heterocycles. The summed E-state index contributed by atoms with van der Waals surface area (Å²) in [5.74, 6) is 1.53. The number of hydrogen-bond donors (Lipinski definition) is 1. The molecule has 0 radical (unpaired) electrons. The van der Waals surface area contributed by atoms with Crippen LogP contribution in [-0.4, -0.2) is 36.1 Å². The molecule has 0 saturated heterocycles. The maximum atomic E-state index is 4.67. The summed E-state index contributed by atoms with van der Waals surface area (Å²) in [6.45, 7) is 0.883. The average Bonchev–Trinajstić information content (AvgIpc) is 3.14. The first-order chi connectivity index (χ1) is 10.3. The van der Waals surface area contributed by atoms with Crippen molar-refractivity contribution in [2.75, 3.05) is 11.9 Å². The van der Waals surface area contributed by atoms with Gasteiger partial charge in [0.1, 0.15) is 0 Å². The Morgan fingerprint density at radius 2 is 2.14 bits per heavy atom. The maximum Gasteiger partial charge on any atom is 0.222 e. The van der Waals surface area contributed by atoms with Crippen LogP contribution in [0, 0.1) is 0 Å². The second-order valence-corrected chi connectivity index (χ2v) is 5.12. The van der Waals surface area contributed by atoms with Gasteiger partial charge in [0.2, 0.25) is 5.95 Å². The molecule has 0 fully saturated rings. The molecule has 3 aromatic heterocycles. The molecular weight excluding hydrogens is 266 g/mol. The second-order valence-electron chi connectivity index (χ2n) is 5.12. The lowest BCUT2D eigenvalue weighted by atomic mass is 10.1. The molecule has 4 rings (SSSR count). The van der Waals surface area contributed by atoms with Crippen molar-refractivity contribution in [3.05, 3.63) is 42.5 Å². The second kappa shape index (κ2) is 4.69. The summed E-state index contributed by atoms with van der Waals surface area (Å²) >= 11 is 0. The number of nitrogens with zero attached hydrogens (tertiary/aromatic N) is 6. The molecule has 7 nitrogen and oxygen atoms in total. The fourth-order valence-electron chi connectivity index (χ4n) is 2.65. The highest BCUT2D eigenvalue weighted by molar-refractivity contribution is 5.55. The minimum absolute atomic E-state index is 0.179. The number of pyridine rings is 1. The molecule has 0 bridgehead atoms. The monoisotopic (exact) mass is 281 g/mol. The lowest BCUT2D eigenvalue weighted by Gasteiger charge is -2.23.